The van der Waals surface area contributed by atoms with E-state index in [4.69, 9.17) is 0 Å². The lowest BCUT2D eigenvalue weighted by molar-refractivity contribution is 0.386. The van der Waals surface area contributed by atoms with Gasteiger partial charge < -0.3 is 5.32 Å². The first kappa shape index (κ1) is 13.8. The molecule has 0 aromatic heterocycles. The van der Waals surface area contributed by atoms with E-state index in [1.807, 2.05) is 0 Å². The number of hydrogen-bond acceptors (Lipinski definition) is 1. The third-order valence-corrected chi connectivity index (χ3v) is 3.89. The lowest BCUT2D eigenvalue weighted by Gasteiger charge is -2.20. The summed E-state index contributed by atoms with van der Waals surface area (Å²) in [4.78, 5) is 0. The first-order valence-corrected chi connectivity index (χ1v) is 7.17. The molecule has 0 bridgehead atoms. The summed E-state index contributed by atoms with van der Waals surface area (Å²) in [5.41, 5.74) is 1.69. The van der Waals surface area contributed by atoms with Gasteiger partial charge in [-0.2, -0.15) is 0 Å². The predicted molar refractivity (Wildman–Crippen MR) is 72.7 cm³/mol. The summed E-state index contributed by atoms with van der Waals surface area (Å²) >= 11 is 0. The maximum atomic E-state index is 3.72. The van der Waals surface area contributed by atoms with Crippen LogP contribution in [0.3, 0.4) is 0 Å². The molecule has 2 atom stereocenters. The van der Waals surface area contributed by atoms with Crippen LogP contribution in [0.1, 0.15) is 65.7 Å². The molecule has 1 aliphatic rings. The molecule has 1 aliphatic carbocycles. The highest BCUT2D eigenvalue weighted by Gasteiger charge is 2.10. The summed E-state index contributed by atoms with van der Waals surface area (Å²) in [5.74, 6) is 0.864. The van der Waals surface area contributed by atoms with Crippen molar-refractivity contribution in [2.45, 2.75) is 71.8 Å². The summed E-state index contributed by atoms with van der Waals surface area (Å²) in [6.07, 6.45) is 11.7. The third kappa shape index (κ3) is 5.16. The average molecular weight is 223 g/mol. The second-order valence-electron chi connectivity index (χ2n) is 5.31. The fraction of sp³-hybridized carbons (Fsp3) is 0.867. The third-order valence-electron chi connectivity index (χ3n) is 3.89. The molecule has 0 amide bonds. The predicted octanol–water partition coefficient (Wildman–Crippen LogP) is 4.29. The lowest BCUT2D eigenvalue weighted by atomic mass is 9.97. The molecule has 0 aromatic carbocycles. The van der Waals surface area contributed by atoms with Gasteiger partial charge in [0, 0.05) is 6.04 Å². The molecule has 0 aromatic rings. The van der Waals surface area contributed by atoms with E-state index in [-0.39, 0.29) is 0 Å². The SMILES string of the molecule is CCC(C)CC(CC)NCCC1=CCCC1. The second-order valence-corrected chi connectivity index (χ2v) is 5.31. The van der Waals surface area contributed by atoms with E-state index < -0.39 is 0 Å². The molecule has 0 fully saturated rings. The van der Waals surface area contributed by atoms with Gasteiger partial charge >= 0.3 is 0 Å². The zero-order valence-corrected chi connectivity index (χ0v) is 11.4. The van der Waals surface area contributed by atoms with Gasteiger partial charge in [-0.1, -0.05) is 38.8 Å². The van der Waals surface area contributed by atoms with Crippen LogP contribution >= 0.6 is 0 Å². The van der Waals surface area contributed by atoms with Gasteiger partial charge in [-0.05, 0) is 51.0 Å². The Hall–Kier alpha value is -0.300. The first-order valence-electron chi connectivity index (χ1n) is 7.17. The van der Waals surface area contributed by atoms with Crippen molar-refractivity contribution < 1.29 is 0 Å². The van der Waals surface area contributed by atoms with Crippen LogP contribution in [0.25, 0.3) is 0 Å². The van der Waals surface area contributed by atoms with Gasteiger partial charge in [-0.15, -0.1) is 0 Å². The maximum Gasteiger partial charge on any atom is 0.00670 e. The van der Waals surface area contributed by atoms with E-state index in [1.54, 1.807) is 5.57 Å². The van der Waals surface area contributed by atoms with E-state index >= 15 is 0 Å². The largest absolute Gasteiger partial charge is 0.314 e. The molecule has 1 heteroatoms. The average Bonchev–Trinajstić information content (AvgIpc) is 2.80. The van der Waals surface area contributed by atoms with E-state index in [1.165, 1.54) is 51.5 Å². The number of allylic oxidation sites excluding steroid dienone is 1. The standard InChI is InChI=1S/C15H29N/c1-4-13(3)12-15(5-2)16-11-10-14-8-6-7-9-14/h8,13,15-16H,4-7,9-12H2,1-3H3. The van der Waals surface area contributed by atoms with Crippen LogP contribution in [-0.4, -0.2) is 12.6 Å². The zero-order chi connectivity index (χ0) is 11.8. The molecule has 0 spiro atoms. The quantitative estimate of drug-likeness (QED) is 0.605. The van der Waals surface area contributed by atoms with E-state index in [0.29, 0.717) is 0 Å². The molecule has 0 saturated carbocycles. The van der Waals surface area contributed by atoms with Crippen molar-refractivity contribution in [2.75, 3.05) is 6.54 Å². The second kappa shape index (κ2) is 7.89. The van der Waals surface area contributed by atoms with Gasteiger partial charge in [0.2, 0.25) is 0 Å². The molecule has 1 nitrogen and oxygen atoms in total. The monoisotopic (exact) mass is 223 g/mol. The van der Waals surface area contributed by atoms with Gasteiger partial charge in [0.05, 0.1) is 0 Å². The van der Waals surface area contributed by atoms with Crippen molar-refractivity contribution >= 4 is 0 Å². The van der Waals surface area contributed by atoms with Crippen LogP contribution in [0.5, 0.6) is 0 Å². The van der Waals surface area contributed by atoms with Crippen molar-refractivity contribution in [3.05, 3.63) is 11.6 Å². The van der Waals surface area contributed by atoms with Crippen molar-refractivity contribution in [3.8, 4) is 0 Å². The van der Waals surface area contributed by atoms with Gasteiger partial charge in [0.25, 0.3) is 0 Å². The molecular weight excluding hydrogens is 194 g/mol. The van der Waals surface area contributed by atoms with E-state index in [0.717, 1.165) is 12.0 Å². The van der Waals surface area contributed by atoms with Crippen molar-refractivity contribution in [3.63, 3.8) is 0 Å². The number of nitrogens with one attached hydrogen (secondary N) is 1. The first-order chi connectivity index (χ1) is 7.76. The maximum absolute atomic E-state index is 3.72. The minimum atomic E-state index is 0.733. The Kier molecular flexibility index (Phi) is 6.79. The lowest BCUT2D eigenvalue weighted by Crippen LogP contribution is -2.31. The Morgan fingerprint density at radius 3 is 2.69 bits per heavy atom. The van der Waals surface area contributed by atoms with Crippen molar-refractivity contribution in [1.29, 1.82) is 0 Å². The molecule has 16 heavy (non-hydrogen) atoms. The Balaban J connectivity index is 2.12. The van der Waals surface area contributed by atoms with Crippen LogP contribution in [0.2, 0.25) is 0 Å². The minimum Gasteiger partial charge on any atom is -0.314 e. The Labute approximate surface area is 102 Å². The van der Waals surface area contributed by atoms with Crippen LogP contribution in [0.4, 0.5) is 0 Å². The molecule has 1 rings (SSSR count). The number of rotatable bonds is 8. The van der Waals surface area contributed by atoms with Crippen LogP contribution < -0.4 is 5.32 Å². The summed E-state index contributed by atoms with van der Waals surface area (Å²) in [6, 6.07) is 0.733. The normalized spacial score (nSPS) is 19.6. The van der Waals surface area contributed by atoms with Gasteiger partial charge in [-0.3, -0.25) is 0 Å². The minimum absolute atomic E-state index is 0.733. The molecule has 0 heterocycles. The van der Waals surface area contributed by atoms with Crippen LogP contribution in [0.15, 0.2) is 11.6 Å². The summed E-state index contributed by atoms with van der Waals surface area (Å²) in [6.45, 7) is 8.14. The molecule has 0 saturated heterocycles. The fourth-order valence-electron chi connectivity index (χ4n) is 2.45. The highest BCUT2D eigenvalue weighted by atomic mass is 14.9. The Morgan fingerprint density at radius 1 is 1.31 bits per heavy atom. The fourth-order valence-corrected chi connectivity index (χ4v) is 2.45. The summed E-state index contributed by atoms with van der Waals surface area (Å²) in [7, 11) is 0. The van der Waals surface area contributed by atoms with E-state index in [9.17, 15) is 0 Å². The van der Waals surface area contributed by atoms with Gasteiger partial charge in [0.15, 0.2) is 0 Å². The van der Waals surface area contributed by atoms with Crippen molar-refractivity contribution in [1.82, 2.24) is 5.32 Å². The molecular formula is C15H29N. The summed E-state index contributed by atoms with van der Waals surface area (Å²) in [5, 5.41) is 3.72. The van der Waals surface area contributed by atoms with Gasteiger partial charge in [-0.25, -0.2) is 0 Å². The highest BCUT2D eigenvalue weighted by molar-refractivity contribution is 5.07. The molecule has 0 aliphatic heterocycles. The number of hydrogen-bond donors (Lipinski definition) is 1. The topological polar surface area (TPSA) is 12.0 Å². The van der Waals surface area contributed by atoms with Crippen molar-refractivity contribution in [2.24, 2.45) is 5.92 Å². The highest BCUT2D eigenvalue weighted by Crippen LogP contribution is 2.20. The van der Waals surface area contributed by atoms with Crippen LogP contribution in [0, 0.1) is 5.92 Å². The van der Waals surface area contributed by atoms with Crippen LogP contribution in [-0.2, 0) is 0 Å². The molecule has 1 N–H and O–H groups in total. The zero-order valence-electron chi connectivity index (χ0n) is 11.4. The van der Waals surface area contributed by atoms with Gasteiger partial charge in [0.1, 0.15) is 0 Å². The molecule has 94 valence electrons. The summed E-state index contributed by atoms with van der Waals surface area (Å²) < 4.78 is 0. The Bertz CT molecular complexity index is 207. The molecule has 2 unspecified atom stereocenters. The molecule has 0 radical (unpaired) electrons. The smallest absolute Gasteiger partial charge is 0.00670 e. The Morgan fingerprint density at radius 2 is 2.12 bits per heavy atom. The van der Waals surface area contributed by atoms with E-state index in [2.05, 4.69) is 32.2 Å².